The second-order valence-corrected chi connectivity index (χ2v) is 6.54. The molecule has 0 saturated heterocycles. The van der Waals surface area contributed by atoms with E-state index < -0.39 is 0 Å². The molecular formula is C17H24N2O3. The molecule has 2 aliphatic rings. The number of hydrogen-bond donors (Lipinski definition) is 2. The van der Waals surface area contributed by atoms with Crippen molar-refractivity contribution < 1.29 is 14.0 Å². The molecule has 1 heterocycles. The van der Waals surface area contributed by atoms with E-state index in [1.165, 1.54) is 38.4 Å². The lowest BCUT2D eigenvalue weighted by Gasteiger charge is -2.39. The van der Waals surface area contributed by atoms with Crippen LogP contribution in [0.15, 0.2) is 22.8 Å². The largest absolute Gasteiger partial charge is 0.459 e. The topological polar surface area (TPSA) is 71.3 Å². The highest BCUT2D eigenvalue weighted by molar-refractivity contribution is 5.94. The van der Waals surface area contributed by atoms with Crippen LogP contribution in [0.25, 0.3) is 0 Å². The molecule has 120 valence electrons. The predicted octanol–water partition coefficient (Wildman–Crippen LogP) is 2.48. The Kier molecular flexibility index (Phi) is 4.80. The van der Waals surface area contributed by atoms with E-state index in [-0.39, 0.29) is 30.2 Å². The molecule has 0 spiro atoms. The first-order valence-corrected chi connectivity index (χ1v) is 8.33. The number of carbonyl (C=O) groups is 2. The fourth-order valence-electron chi connectivity index (χ4n) is 3.94. The average Bonchev–Trinajstić information content (AvgIpc) is 3.07. The van der Waals surface area contributed by atoms with E-state index >= 15 is 0 Å². The molecule has 2 aliphatic carbocycles. The summed E-state index contributed by atoms with van der Waals surface area (Å²) in [6.07, 6.45) is 10.2. The SMILES string of the molecule is O=C(CNC(=O)c1ccco1)N[C@@H]1CC[C@@H]2CCCC[C@@H]2C1. The van der Waals surface area contributed by atoms with Crippen molar-refractivity contribution in [2.24, 2.45) is 11.8 Å². The zero-order valence-corrected chi connectivity index (χ0v) is 12.8. The summed E-state index contributed by atoms with van der Waals surface area (Å²) in [5.74, 6) is 1.43. The van der Waals surface area contributed by atoms with E-state index in [2.05, 4.69) is 10.6 Å². The summed E-state index contributed by atoms with van der Waals surface area (Å²) in [7, 11) is 0. The van der Waals surface area contributed by atoms with Crippen molar-refractivity contribution in [3.05, 3.63) is 24.2 Å². The molecular weight excluding hydrogens is 280 g/mol. The van der Waals surface area contributed by atoms with Crippen LogP contribution in [0.1, 0.15) is 55.5 Å². The van der Waals surface area contributed by atoms with Crippen LogP contribution in [0, 0.1) is 11.8 Å². The monoisotopic (exact) mass is 304 g/mol. The molecule has 1 aromatic rings. The molecule has 5 heteroatoms. The highest BCUT2D eigenvalue weighted by atomic mass is 16.3. The number of rotatable bonds is 4. The summed E-state index contributed by atoms with van der Waals surface area (Å²) in [5, 5.41) is 5.65. The maximum atomic E-state index is 12.0. The first-order valence-electron chi connectivity index (χ1n) is 8.33. The van der Waals surface area contributed by atoms with Crippen molar-refractivity contribution in [3.8, 4) is 0 Å². The van der Waals surface area contributed by atoms with Gasteiger partial charge in [0.15, 0.2) is 5.76 Å². The van der Waals surface area contributed by atoms with Crippen LogP contribution in [0.2, 0.25) is 0 Å². The minimum absolute atomic E-state index is 0.00410. The van der Waals surface area contributed by atoms with E-state index in [1.54, 1.807) is 12.1 Å². The zero-order valence-electron chi connectivity index (χ0n) is 12.8. The molecule has 0 bridgehead atoms. The molecule has 0 aromatic carbocycles. The average molecular weight is 304 g/mol. The van der Waals surface area contributed by atoms with E-state index in [9.17, 15) is 9.59 Å². The minimum Gasteiger partial charge on any atom is -0.459 e. The Morgan fingerprint density at radius 3 is 2.73 bits per heavy atom. The van der Waals surface area contributed by atoms with E-state index in [0.717, 1.165) is 24.7 Å². The maximum absolute atomic E-state index is 12.0. The molecule has 3 atom stereocenters. The van der Waals surface area contributed by atoms with Crippen LogP contribution in [0.5, 0.6) is 0 Å². The van der Waals surface area contributed by atoms with Crippen LogP contribution in [0.3, 0.4) is 0 Å². The normalized spacial score (nSPS) is 27.7. The van der Waals surface area contributed by atoms with Crippen LogP contribution < -0.4 is 10.6 Å². The first-order chi connectivity index (χ1) is 10.7. The molecule has 5 nitrogen and oxygen atoms in total. The van der Waals surface area contributed by atoms with E-state index in [4.69, 9.17) is 4.42 Å². The lowest BCUT2D eigenvalue weighted by molar-refractivity contribution is -0.121. The Bertz CT molecular complexity index is 512. The second-order valence-electron chi connectivity index (χ2n) is 6.54. The Balaban J connectivity index is 1.41. The third-order valence-electron chi connectivity index (χ3n) is 5.06. The standard InChI is InChI=1S/C17H24N2O3/c20-16(11-18-17(21)15-6-3-9-22-15)19-14-8-7-12-4-1-2-5-13(12)10-14/h3,6,9,12-14H,1-2,4-5,7-8,10-11H2,(H,18,21)(H,19,20)/t12-,13+,14+/m0/s1. The van der Waals surface area contributed by atoms with Gasteiger partial charge in [0.25, 0.3) is 5.91 Å². The fourth-order valence-corrected chi connectivity index (χ4v) is 3.94. The number of carbonyl (C=O) groups excluding carboxylic acids is 2. The van der Waals surface area contributed by atoms with E-state index in [1.807, 2.05) is 0 Å². The van der Waals surface area contributed by atoms with Crippen molar-refractivity contribution in [1.29, 1.82) is 0 Å². The van der Waals surface area contributed by atoms with Gasteiger partial charge in [-0.05, 0) is 43.2 Å². The van der Waals surface area contributed by atoms with Crippen molar-refractivity contribution in [1.82, 2.24) is 10.6 Å². The lowest BCUT2D eigenvalue weighted by Crippen LogP contribution is -2.45. The van der Waals surface area contributed by atoms with E-state index in [0.29, 0.717) is 0 Å². The van der Waals surface area contributed by atoms with Gasteiger partial charge in [0.2, 0.25) is 5.91 Å². The number of amides is 2. The lowest BCUT2D eigenvalue weighted by atomic mass is 9.69. The Morgan fingerprint density at radius 1 is 1.14 bits per heavy atom. The molecule has 3 rings (SSSR count). The molecule has 1 aromatic heterocycles. The van der Waals surface area contributed by atoms with Gasteiger partial charge in [-0.3, -0.25) is 9.59 Å². The quantitative estimate of drug-likeness (QED) is 0.897. The molecule has 0 unspecified atom stereocenters. The van der Waals surface area contributed by atoms with Gasteiger partial charge in [0.1, 0.15) is 0 Å². The highest BCUT2D eigenvalue weighted by Gasteiger charge is 2.32. The molecule has 2 fully saturated rings. The fraction of sp³-hybridized carbons (Fsp3) is 0.647. The molecule has 2 amide bonds. The van der Waals surface area contributed by atoms with Gasteiger partial charge in [0.05, 0.1) is 12.8 Å². The summed E-state index contributed by atoms with van der Waals surface area (Å²) >= 11 is 0. The van der Waals surface area contributed by atoms with Crippen molar-refractivity contribution in [2.75, 3.05) is 6.54 Å². The summed E-state index contributed by atoms with van der Waals surface area (Å²) in [5.41, 5.74) is 0. The van der Waals surface area contributed by atoms with Gasteiger partial charge in [-0.2, -0.15) is 0 Å². The highest BCUT2D eigenvalue weighted by Crippen LogP contribution is 2.40. The number of nitrogens with one attached hydrogen (secondary N) is 2. The van der Waals surface area contributed by atoms with Gasteiger partial charge < -0.3 is 15.1 Å². The van der Waals surface area contributed by atoms with Gasteiger partial charge in [0, 0.05) is 6.04 Å². The Labute approximate surface area is 130 Å². The third-order valence-corrected chi connectivity index (χ3v) is 5.06. The third kappa shape index (κ3) is 3.70. The van der Waals surface area contributed by atoms with Gasteiger partial charge in [-0.25, -0.2) is 0 Å². The van der Waals surface area contributed by atoms with Crippen LogP contribution in [0.4, 0.5) is 0 Å². The van der Waals surface area contributed by atoms with Crippen LogP contribution in [-0.4, -0.2) is 24.4 Å². The van der Waals surface area contributed by atoms with Gasteiger partial charge in [-0.15, -0.1) is 0 Å². The second kappa shape index (κ2) is 6.99. The molecule has 0 aliphatic heterocycles. The molecule has 0 radical (unpaired) electrons. The Hall–Kier alpha value is -1.78. The molecule has 2 N–H and O–H groups in total. The number of fused-ring (bicyclic) bond motifs is 1. The van der Waals surface area contributed by atoms with Crippen molar-refractivity contribution >= 4 is 11.8 Å². The first kappa shape index (κ1) is 15.1. The smallest absolute Gasteiger partial charge is 0.287 e. The van der Waals surface area contributed by atoms with Crippen molar-refractivity contribution in [2.45, 2.75) is 51.0 Å². The summed E-state index contributed by atoms with van der Waals surface area (Å²) in [6, 6.07) is 3.50. The number of hydrogen-bond acceptors (Lipinski definition) is 3. The van der Waals surface area contributed by atoms with Crippen molar-refractivity contribution in [3.63, 3.8) is 0 Å². The predicted molar refractivity (Wildman–Crippen MR) is 82.3 cm³/mol. The summed E-state index contributed by atoms with van der Waals surface area (Å²) in [6.45, 7) is 0.00410. The van der Waals surface area contributed by atoms with Gasteiger partial charge in [-0.1, -0.05) is 25.7 Å². The summed E-state index contributed by atoms with van der Waals surface area (Å²) in [4.78, 5) is 23.7. The van der Waals surface area contributed by atoms with Crippen LogP contribution >= 0.6 is 0 Å². The zero-order chi connectivity index (χ0) is 15.4. The minimum atomic E-state index is -0.351. The molecule has 2 saturated carbocycles. The van der Waals surface area contributed by atoms with Crippen LogP contribution in [-0.2, 0) is 4.79 Å². The molecule has 22 heavy (non-hydrogen) atoms. The Morgan fingerprint density at radius 2 is 1.95 bits per heavy atom. The number of furan rings is 1. The van der Waals surface area contributed by atoms with Gasteiger partial charge >= 0.3 is 0 Å². The maximum Gasteiger partial charge on any atom is 0.287 e. The summed E-state index contributed by atoms with van der Waals surface area (Å²) < 4.78 is 4.99.